The number of hydrogen-bond donors (Lipinski definition) is 2. The van der Waals surface area contributed by atoms with Crippen LogP contribution in [0.15, 0.2) is 72.9 Å². The van der Waals surface area contributed by atoms with Crippen molar-refractivity contribution in [3.05, 3.63) is 95.3 Å². The van der Waals surface area contributed by atoms with Gasteiger partial charge in [-0.15, -0.1) is 0 Å². The molecule has 3 atom stereocenters. The lowest BCUT2D eigenvalue weighted by atomic mass is 9.99. The molecular formula is C28H30Cl3N3O4. The molecule has 0 radical (unpaired) electrons. The highest BCUT2D eigenvalue weighted by molar-refractivity contribution is 6.76. The molecule has 0 saturated carbocycles. The van der Waals surface area contributed by atoms with Gasteiger partial charge in [0.25, 0.3) is 9.70 Å². The van der Waals surface area contributed by atoms with Crippen LogP contribution in [0.25, 0.3) is 0 Å². The third kappa shape index (κ3) is 8.13. The van der Waals surface area contributed by atoms with Crippen molar-refractivity contribution in [2.45, 2.75) is 41.7 Å². The Morgan fingerprint density at radius 1 is 1.05 bits per heavy atom. The highest BCUT2D eigenvalue weighted by atomic mass is 35.6. The fourth-order valence-corrected chi connectivity index (χ4v) is 4.39. The lowest BCUT2D eigenvalue weighted by molar-refractivity contribution is -0.252. The Kier molecular flexibility index (Phi) is 10.0. The normalized spacial score (nSPS) is 19.9. The van der Waals surface area contributed by atoms with Gasteiger partial charge >= 0.3 is 0 Å². The summed E-state index contributed by atoms with van der Waals surface area (Å²) in [5.41, 5.74) is 4.20. The number of carbonyl (C=O) groups excluding carboxylic acids is 1. The first kappa shape index (κ1) is 28.8. The molecule has 2 heterocycles. The van der Waals surface area contributed by atoms with Crippen molar-refractivity contribution >= 4 is 46.4 Å². The van der Waals surface area contributed by atoms with E-state index in [-0.39, 0.29) is 18.8 Å². The standard InChI is InChI=1S/C28H30Cl3N3O4/c1-34(15-13-22-4-2-3-14-32-22)17-24-16-25(20-7-5-19(18-35)6-8-20)38-26(37-24)21-9-11-23(12-10-21)33-27(36)28(29,30)31/h2-12,14,24-26,35H,13,15-18H2,1H3,(H,33,36)/t24-,25+,26+/m1/s1. The molecule has 0 aliphatic carbocycles. The van der Waals surface area contributed by atoms with E-state index in [1.54, 1.807) is 12.1 Å². The molecule has 202 valence electrons. The number of likely N-dealkylation sites (N-methyl/N-ethyl adjacent to an activating group) is 1. The van der Waals surface area contributed by atoms with E-state index >= 15 is 0 Å². The molecule has 7 nitrogen and oxygen atoms in total. The smallest absolute Gasteiger partial charge is 0.276 e. The number of alkyl halides is 3. The van der Waals surface area contributed by atoms with Crippen LogP contribution in [0.5, 0.6) is 0 Å². The number of rotatable bonds is 9. The molecule has 1 aliphatic heterocycles. The first-order valence-corrected chi connectivity index (χ1v) is 13.4. The molecule has 1 fully saturated rings. The SMILES string of the molecule is CN(CCc1ccccn1)C[C@H]1C[C@@H](c2ccc(CO)cc2)O[C@@H](c2ccc(NC(=O)C(Cl)(Cl)Cl)cc2)O1. The minimum absolute atomic E-state index is 0.0115. The molecule has 1 saturated heterocycles. The molecule has 4 rings (SSSR count). The number of ether oxygens (including phenoxy) is 2. The second kappa shape index (κ2) is 13.2. The lowest BCUT2D eigenvalue weighted by Crippen LogP contribution is -2.38. The van der Waals surface area contributed by atoms with Crippen LogP contribution in [0, 0.1) is 0 Å². The van der Waals surface area contributed by atoms with Gasteiger partial charge < -0.3 is 24.8 Å². The Labute approximate surface area is 237 Å². The second-order valence-corrected chi connectivity index (χ2v) is 11.5. The van der Waals surface area contributed by atoms with Crippen LogP contribution in [0.3, 0.4) is 0 Å². The fraction of sp³-hybridized carbons (Fsp3) is 0.357. The summed E-state index contributed by atoms with van der Waals surface area (Å²) in [6, 6.07) is 20.8. The maximum atomic E-state index is 12.0. The van der Waals surface area contributed by atoms with Crippen molar-refractivity contribution in [3.8, 4) is 0 Å². The number of anilines is 1. The van der Waals surface area contributed by atoms with Gasteiger partial charge in [0, 0.05) is 49.1 Å². The van der Waals surface area contributed by atoms with Crippen LogP contribution in [-0.2, 0) is 27.3 Å². The molecule has 1 aromatic heterocycles. The van der Waals surface area contributed by atoms with E-state index < -0.39 is 16.0 Å². The zero-order valence-corrected chi connectivity index (χ0v) is 23.2. The largest absolute Gasteiger partial charge is 0.392 e. The molecule has 0 bridgehead atoms. The van der Waals surface area contributed by atoms with Gasteiger partial charge in [0.05, 0.1) is 18.8 Å². The Balaban J connectivity index is 1.47. The van der Waals surface area contributed by atoms with Crippen LogP contribution < -0.4 is 5.32 Å². The predicted octanol–water partition coefficient (Wildman–Crippen LogP) is 5.60. The predicted molar refractivity (Wildman–Crippen MR) is 149 cm³/mol. The molecule has 3 aromatic rings. The van der Waals surface area contributed by atoms with E-state index in [0.717, 1.165) is 41.9 Å². The van der Waals surface area contributed by atoms with E-state index in [9.17, 15) is 9.90 Å². The number of carbonyl (C=O) groups is 1. The van der Waals surface area contributed by atoms with Gasteiger partial charge in [0.15, 0.2) is 6.29 Å². The number of aliphatic hydroxyl groups excluding tert-OH is 1. The average molecular weight is 579 g/mol. The van der Waals surface area contributed by atoms with E-state index in [0.29, 0.717) is 12.1 Å². The third-order valence-corrected chi connectivity index (χ3v) is 6.82. The van der Waals surface area contributed by atoms with Gasteiger partial charge in [0.1, 0.15) is 0 Å². The third-order valence-electron chi connectivity index (χ3n) is 6.30. The first-order chi connectivity index (χ1) is 18.2. The zero-order valence-electron chi connectivity index (χ0n) is 20.9. The summed E-state index contributed by atoms with van der Waals surface area (Å²) in [5.74, 6) is -0.736. The number of hydrogen-bond acceptors (Lipinski definition) is 6. The van der Waals surface area contributed by atoms with E-state index in [1.165, 1.54) is 0 Å². The van der Waals surface area contributed by atoms with Crippen molar-refractivity contribution in [2.75, 3.05) is 25.5 Å². The highest BCUT2D eigenvalue weighted by Crippen LogP contribution is 2.38. The monoisotopic (exact) mass is 577 g/mol. The zero-order chi connectivity index (χ0) is 27.1. The minimum Gasteiger partial charge on any atom is -0.392 e. The van der Waals surface area contributed by atoms with Gasteiger partial charge in [0.2, 0.25) is 0 Å². The quantitative estimate of drug-likeness (QED) is 0.322. The van der Waals surface area contributed by atoms with Crippen LogP contribution in [0.1, 0.15) is 41.2 Å². The summed E-state index contributed by atoms with van der Waals surface area (Å²) < 4.78 is 10.7. The number of amides is 1. The Morgan fingerprint density at radius 2 is 1.76 bits per heavy atom. The summed E-state index contributed by atoms with van der Waals surface area (Å²) in [7, 11) is 2.07. The van der Waals surface area contributed by atoms with E-state index in [2.05, 4.69) is 22.2 Å². The van der Waals surface area contributed by atoms with Crippen molar-refractivity contribution < 1.29 is 19.4 Å². The summed E-state index contributed by atoms with van der Waals surface area (Å²) in [4.78, 5) is 18.6. The number of halogens is 3. The summed E-state index contributed by atoms with van der Waals surface area (Å²) in [6.07, 6.45) is 2.44. The number of aliphatic hydroxyl groups is 1. The molecule has 38 heavy (non-hydrogen) atoms. The number of aromatic nitrogens is 1. The molecule has 1 amide bonds. The lowest BCUT2D eigenvalue weighted by Gasteiger charge is -2.38. The maximum absolute atomic E-state index is 12.0. The molecule has 0 unspecified atom stereocenters. The van der Waals surface area contributed by atoms with Crippen molar-refractivity contribution in [1.82, 2.24) is 9.88 Å². The fourth-order valence-electron chi connectivity index (χ4n) is 4.25. The Bertz CT molecular complexity index is 1170. The van der Waals surface area contributed by atoms with Crippen LogP contribution in [0.2, 0.25) is 0 Å². The minimum atomic E-state index is -2.05. The molecule has 10 heteroatoms. The second-order valence-electron chi connectivity index (χ2n) is 9.26. The Hall–Kier alpha value is -2.23. The molecule has 2 aromatic carbocycles. The van der Waals surface area contributed by atoms with Crippen molar-refractivity contribution in [2.24, 2.45) is 0 Å². The highest BCUT2D eigenvalue weighted by Gasteiger charge is 2.33. The summed E-state index contributed by atoms with van der Waals surface area (Å²) >= 11 is 17.0. The Morgan fingerprint density at radius 3 is 2.39 bits per heavy atom. The molecule has 0 spiro atoms. The summed E-state index contributed by atoms with van der Waals surface area (Å²) in [5, 5.41) is 12.0. The molecule has 2 N–H and O–H groups in total. The van der Waals surface area contributed by atoms with Gasteiger partial charge in [-0.2, -0.15) is 0 Å². The van der Waals surface area contributed by atoms with Crippen molar-refractivity contribution in [1.29, 1.82) is 0 Å². The van der Waals surface area contributed by atoms with Gasteiger partial charge in [-0.1, -0.05) is 77.3 Å². The number of nitrogens with one attached hydrogen (secondary N) is 1. The van der Waals surface area contributed by atoms with Crippen LogP contribution >= 0.6 is 34.8 Å². The molecule has 1 aliphatic rings. The topological polar surface area (TPSA) is 83.9 Å². The van der Waals surface area contributed by atoms with Crippen LogP contribution in [0.4, 0.5) is 5.69 Å². The van der Waals surface area contributed by atoms with Gasteiger partial charge in [-0.25, -0.2) is 0 Å². The number of nitrogens with zero attached hydrogens (tertiary/aromatic N) is 2. The summed E-state index contributed by atoms with van der Waals surface area (Å²) in [6.45, 7) is 1.55. The van der Waals surface area contributed by atoms with Gasteiger partial charge in [-0.3, -0.25) is 9.78 Å². The van der Waals surface area contributed by atoms with Crippen LogP contribution in [-0.4, -0.2) is 50.9 Å². The number of pyridine rings is 1. The number of benzene rings is 2. The van der Waals surface area contributed by atoms with Crippen molar-refractivity contribution in [3.63, 3.8) is 0 Å². The maximum Gasteiger partial charge on any atom is 0.276 e. The van der Waals surface area contributed by atoms with E-state index in [1.807, 2.05) is 60.8 Å². The average Bonchev–Trinajstić information content (AvgIpc) is 2.92. The molecular weight excluding hydrogens is 549 g/mol. The van der Waals surface area contributed by atoms with E-state index in [4.69, 9.17) is 44.3 Å². The van der Waals surface area contributed by atoms with Gasteiger partial charge in [-0.05, 0) is 42.4 Å². The first-order valence-electron chi connectivity index (χ1n) is 12.3.